The van der Waals surface area contributed by atoms with E-state index in [1.165, 1.54) is 25.7 Å². The van der Waals surface area contributed by atoms with Crippen LogP contribution < -0.4 is 10.6 Å². The Kier molecular flexibility index (Phi) is 5.83. The first-order chi connectivity index (χ1) is 14.7. The summed E-state index contributed by atoms with van der Waals surface area (Å²) in [7, 11) is 2.10. The SMILES string of the molecule is C/C=C(\C)C(=O)NC1=CC[C@@]2(C)C(=CC[C@H]3[C@@H]4CC[C@H](C(C)NC)[C@@]4(C)CC[C@@H]32)C1=O. The second kappa shape index (κ2) is 8.03. The average Bonchev–Trinajstić information content (AvgIpc) is 3.11. The van der Waals surface area contributed by atoms with Gasteiger partial charge in [-0.2, -0.15) is 0 Å². The van der Waals surface area contributed by atoms with Crippen molar-refractivity contribution in [1.29, 1.82) is 0 Å². The van der Waals surface area contributed by atoms with Gasteiger partial charge in [0.2, 0.25) is 5.78 Å². The van der Waals surface area contributed by atoms with Gasteiger partial charge < -0.3 is 10.6 Å². The molecular formula is C27H40N2O2. The van der Waals surface area contributed by atoms with E-state index in [9.17, 15) is 9.59 Å². The fraction of sp³-hybridized carbons (Fsp3) is 0.704. The second-order valence-corrected chi connectivity index (χ2v) is 11.0. The lowest BCUT2D eigenvalue weighted by atomic mass is 9.47. The van der Waals surface area contributed by atoms with Crippen molar-refractivity contribution in [3.63, 3.8) is 0 Å². The maximum atomic E-state index is 13.4. The molecule has 1 unspecified atom stereocenters. The van der Waals surface area contributed by atoms with Crippen molar-refractivity contribution in [3.05, 3.63) is 35.1 Å². The standard InChI is InChI=1S/C27H40N2O2/c1-7-16(2)25(31)29-23-13-15-27(5)21-12-14-26(4)19(17(3)28-6)10-11-20(26)18(21)8-9-22(27)24(23)30/h7,9,13,17-21,28H,8,10-12,14-15H2,1-6H3,(H,29,31)/b16-7+/t17?,18-,19+,20-,21-,26+,27+/m0/s1. The van der Waals surface area contributed by atoms with E-state index in [4.69, 9.17) is 0 Å². The van der Waals surface area contributed by atoms with Gasteiger partial charge in [0.15, 0.2) is 0 Å². The fourth-order valence-corrected chi connectivity index (χ4v) is 7.78. The molecule has 7 atom stereocenters. The molecule has 4 aliphatic carbocycles. The van der Waals surface area contributed by atoms with E-state index in [0.717, 1.165) is 30.3 Å². The van der Waals surface area contributed by atoms with Gasteiger partial charge in [-0.1, -0.05) is 32.1 Å². The molecule has 0 aromatic rings. The lowest BCUT2D eigenvalue weighted by molar-refractivity contribution is -0.121. The zero-order chi connectivity index (χ0) is 22.6. The number of rotatable bonds is 4. The third kappa shape index (κ3) is 3.37. The molecule has 0 aromatic carbocycles. The third-order valence-electron chi connectivity index (χ3n) is 9.86. The Bertz CT molecular complexity index is 868. The van der Waals surface area contributed by atoms with Gasteiger partial charge in [0, 0.05) is 22.6 Å². The number of ketones is 1. The molecular weight excluding hydrogens is 384 g/mol. The highest BCUT2D eigenvalue weighted by Crippen LogP contribution is 2.66. The highest BCUT2D eigenvalue weighted by molar-refractivity contribution is 6.13. The molecule has 4 rings (SSSR count). The van der Waals surface area contributed by atoms with Crippen LogP contribution in [-0.2, 0) is 9.59 Å². The van der Waals surface area contributed by atoms with Gasteiger partial charge in [0.25, 0.3) is 5.91 Å². The number of fused-ring (bicyclic) bond motifs is 5. The quantitative estimate of drug-likeness (QED) is 0.629. The van der Waals surface area contributed by atoms with Crippen molar-refractivity contribution in [2.75, 3.05) is 7.05 Å². The molecule has 4 nitrogen and oxygen atoms in total. The van der Waals surface area contributed by atoms with Gasteiger partial charge in [-0.05, 0) is 95.4 Å². The van der Waals surface area contributed by atoms with Crippen molar-refractivity contribution < 1.29 is 9.59 Å². The minimum absolute atomic E-state index is 0.0332. The lowest BCUT2D eigenvalue weighted by Crippen LogP contribution is -2.52. The number of carbonyl (C=O) groups excluding carboxylic acids is 2. The van der Waals surface area contributed by atoms with Crippen LogP contribution in [0, 0.1) is 34.5 Å². The van der Waals surface area contributed by atoms with Gasteiger partial charge in [-0.3, -0.25) is 9.59 Å². The van der Waals surface area contributed by atoms with Crippen LogP contribution in [0.5, 0.6) is 0 Å². The molecule has 0 aliphatic heterocycles. The average molecular weight is 425 g/mol. The topological polar surface area (TPSA) is 58.2 Å². The summed E-state index contributed by atoms with van der Waals surface area (Å²) in [4.78, 5) is 25.7. The Labute approximate surface area is 188 Å². The minimum Gasteiger partial charge on any atom is -0.319 e. The number of amides is 1. The first-order valence-electron chi connectivity index (χ1n) is 12.2. The van der Waals surface area contributed by atoms with Gasteiger partial charge >= 0.3 is 0 Å². The summed E-state index contributed by atoms with van der Waals surface area (Å²) in [6.07, 6.45) is 13.0. The van der Waals surface area contributed by atoms with Crippen LogP contribution in [0.15, 0.2) is 35.1 Å². The smallest absolute Gasteiger partial charge is 0.251 e. The molecule has 0 aromatic heterocycles. The number of nitrogens with one attached hydrogen (secondary N) is 2. The number of hydrogen-bond donors (Lipinski definition) is 2. The number of carbonyl (C=O) groups is 2. The Balaban J connectivity index is 1.59. The summed E-state index contributed by atoms with van der Waals surface area (Å²) in [6.45, 7) is 10.8. The van der Waals surface area contributed by atoms with Crippen LogP contribution in [-0.4, -0.2) is 24.8 Å². The Morgan fingerprint density at radius 1 is 1.19 bits per heavy atom. The first-order valence-corrected chi connectivity index (χ1v) is 12.2. The van der Waals surface area contributed by atoms with E-state index in [1.54, 1.807) is 13.0 Å². The number of allylic oxidation sites excluding steroid dienone is 4. The van der Waals surface area contributed by atoms with E-state index in [2.05, 4.69) is 44.5 Å². The summed E-state index contributed by atoms with van der Waals surface area (Å²) < 4.78 is 0. The van der Waals surface area contributed by atoms with Crippen molar-refractivity contribution in [2.45, 2.75) is 79.2 Å². The van der Waals surface area contributed by atoms with Crippen LogP contribution in [0.1, 0.15) is 73.1 Å². The predicted octanol–water partition coefficient (Wildman–Crippen LogP) is 4.93. The maximum Gasteiger partial charge on any atom is 0.251 e. The highest BCUT2D eigenvalue weighted by Gasteiger charge is 2.59. The van der Waals surface area contributed by atoms with E-state index in [-0.39, 0.29) is 17.1 Å². The summed E-state index contributed by atoms with van der Waals surface area (Å²) in [5, 5.41) is 6.39. The summed E-state index contributed by atoms with van der Waals surface area (Å²) in [5.74, 6) is 2.58. The molecule has 2 fully saturated rings. The number of Topliss-reactive ketones (excluding diaryl/α,β-unsaturated/α-hetero) is 1. The molecule has 4 heteroatoms. The Morgan fingerprint density at radius 2 is 1.94 bits per heavy atom. The molecule has 0 spiro atoms. The zero-order valence-electron chi connectivity index (χ0n) is 20.2. The molecule has 31 heavy (non-hydrogen) atoms. The Hall–Kier alpha value is -1.68. The molecule has 170 valence electrons. The molecule has 1 amide bonds. The van der Waals surface area contributed by atoms with Gasteiger partial charge in [-0.15, -0.1) is 0 Å². The third-order valence-corrected chi connectivity index (χ3v) is 9.86. The van der Waals surface area contributed by atoms with Gasteiger partial charge in [0.1, 0.15) is 0 Å². The molecule has 0 bridgehead atoms. The zero-order valence-corrected chi connectivity index (χ0v) is 20.2. The molecule has 0 radical (unpaired) electrons. The van der Waals surface area contributed by atoms with Crippen LogP contribution in [0.4, 0.5) is 0 Å². The molecule has 4 aliphatic rings. The van der Waals surface area contributed by atoms with Crippen molar-refractivity contribution in [2.24, 2.45) is 34.5 Å². The lowest BCUT2D eigenvalue weighted by Gasteiger charge is -2.57. The van der Waals surface area contributed by atoms with E-state index < -0.39 is 0 Å². The molecule has 2 N–H and O–H groups in total. The normalized spacial score (nSPS) is 40.8. The maximum absolute atomic E-state index is 13.4. The van der Waals surface area contributed by atoms with Crippen LogP contribution in [0.25, 0.3) is 0 Å². The van der Waals surface area contributed by atoms with Crippen LogP contribution in [0.3, 0.4) is 0 Å². The largest absolute Gasteiger partial charge is 0.319 e. The molecule has 0 saturated heterocycles. The highest BCUT2D eigenvalue weighted by atomic mass is 16.2. The summed E-state index contributed by atoms with van der Waals surface area (Å²) >= 11 is 0. The minimum atomic E-state index is -0.177. The summed E-state index contributed by atoms with van der Waals surface area (Å²) in [6, 6.07) is 0.558. The summed E-state index contributed by atoms with van der Waals surface area (Å²) in [5.41, 5.74) is 2.36. The number of hydrogen-bond acceptors (Lipinski definition) is 3. The predicted molar refractivity (Wildman–Crippen MR) is 125 cm³/mol. The van der Waals surface area contributed by atoms with Crippen LogP contribution in [0.2, 0.25) is 0 Å². The van der Waals surface area contributed by atoms with E-state index >= 15 is 0 Å². The van der Waals surface area contributed by atoms with E-state index in [1.807, 2.05) is 13.0 Å². The first kappa shape index (κ1) is 22.5. The monoisotopic (exact) mass is 424 g/mol. The van der Waals surface area contributed by atoms with Crippen LogP contribution >= 0.6 is 0 Å². The van der Waals surface area contributed by atoms with Gasteiger partial charge in [0.05, 0.1) is 5.70 Å². The van der Waals surface area contributed by atoms with E-state index in [0.29, 0.717) is 34.6 Å². The fourth-order valence-electron chi connectivity index (χ4n) is 7.78. The van der Waals surface area contributed by atoms with Crippen molar-refractivity contribution in [1.82, 2.24) is 10.6 Å². The Morgan fingerprint density at radius 3 is 2.61 bits per heavy atom. The van der Waals surface area contributed by atoms with Crippen molar-refractivity contribution in [3.8, 4) is 0 Å². The second-order valence-electron chi connectivity index (χ2n) is 11.0. The molecule has 2 saturated carbocycles. The van der Waals surface area contributed by atoms with Gasteiger partial charge in [-0.25, -0.2) is 0 Å². The van der Waals surface area contributed by atoms with Crippen molar-refractivity contribution >= 4 is 11.7 Å². The molecule has 0 heterocycles.